The van der Waals surface area contributed by atoms with Crippen LogP contribution in [0.3, 0.4) is 0 Å². The molecule has 0 saturated carbocycles. The summed E-state index contributed by atoms with van der Waals surface area (Å²) in [6.07, 6.45) is 0. The van der Waals surface area contributed by atoms with Crippen LogP contribution in [-0.4, -0.2) is 30.6 Å². The van der Waals surface area contributed by atoms with Crippen LogP contribution in [0.4, 0.5) is 0 Å². The molecule has 3 aromatic rings. The summed E-state index contributed by atoms with van der Waals surface area (Å²) in [5, 5.41) is 0. The van der Waals surface area contributed by atoms with Crippen LogP contribution in [0.1, 0.15) is 42.3 Å². The maximum atomic E-state index is 13.7. The van der Waals surface area contributed by atoms with Gasteiger partial charge in [0.25, 0.3) is 5.91 Å². The number of nitrogens with zero attached hydrogens (tertiary/aromatic N) is 1. The minimum atomic E-state index is -0.0948. The van der Waals surface area contributed by atoms with Crippen LogP contribution >= 0.6 is 0 Å². The number of carbonyl (C=O) groups excluding carboxylic acids is 1. The van der Waals surface area contributed by atoms with Crippen LogP contribution in [0.2, 0.25) is 0 Å². The first-order valence-electron chi connectivity index (χ1n) is 11.1. The lowest BCUT2D eigenvalue weighted by Crippen LogP contribution is -2.30. The molecule has 32 heavy (non-hydrogen) atoms. The molecule has 0 aliphatic rings. The summed E-state index contributed by atoms with van der Waals surface area (Å²) in [5.74, 6) is 1.47. The van der Waals surface area contributed by atoms with Crippen molar-refractivity contribution in [2.45, 2.75) is 33.9 Å². The normalized spacial score (nSPS) is 10.5. The maximum Gasteiger partial charge on any atom is 0.254 e. The minimum Gasteiger partial charge on any atom is -0.490 e. The van der Waals surface area contributed by atoms with Crippen LogP contribution in [-0.2, 0) is 13.1 Å². The molecule has 0 saturated heterocycles. The van der Waals surface area contributed by atoms with Crippen LogP contribution in [0.5, 0.6) is 17.2 Å². The van der Waals surface area contributed by atoms with E-state index in [2.05, 4.69) is 0 Å². The number of hydrogen-bond donors (Lipinski definition) is 0. The van der Waals surface area contributed by atoms with Gasteiger partial charge in [0.15, 0.2) is 11.5 Å². The van der Waals surface area contributed by atoms with Crippen molar-refractivity contribution >= 4 is 5.91 Å². The van der Waals surface area contributed by atoms with Crippen molar-refractivity contribution in [3.8, 4) is 17.2 Å². The lowest BCUT2D eigenvalue weighted by atomic mass is 10.1. The van der Waals surface area contributed by atoms with Gasteiger partial charge in [0, 0.05) is 18.7 Å². The summed E-state index contributed by atoms with van der Waals surface area (Å²) in [7, 11) is 0. The van der Waals surface area contributed by atoms with Gasteiger partial charge in [0.1, 0.15) is 0 Å². The van der Waals surface area contributed by atoms with Crippen molar-refractivity contribution in [2.24, 2.45) is 0 Å². The average Bonchev–Trinajstić information content (AvgIpc) is 2.82. The molecule has 0 unspecified atom stereocenters. The second-order valence-corrected chi connectivity index (χ2v) is 7.23. The van der Waals surface area contributed by atoms with Gasteiger partial charge in [-0.3, -0.25) is 4.79 Å². The lowest BCUT2D eigenvalue weighted by molar-refractivity contribution is 0.0729. The number of carbonyl (C=O) groups is 1. The van der Waals surface area contributed by atoms with Gasteiger partial charge in [0.2, 0.25) is 5.75 Å². The van der Waals surface area contributed by atoms with Gasteiger partial charge in [-0.05, 0) is 44.0 Å². The van der Waals surface area contributed by atoms with Gasteiger partial charge in [0.05, 0.1) is 19.8 Å². The predicted molar refractivity (Wildman–Crippen MR) is 126 cm³/mol. The maximum absolute atomic E-state index is 13.7. The molecule has 168 valence electrons. The Labute approximate surface area is 190 Å². The number of hydrogen-bond acceptors (Lipinski definition) is 4. The fraction of sp³-hybridized carbons (Fsp3) is 0.296. The first-order valence-corrected chi connectivity index (χ1v) is 11.1. The highest BCUT2D eigenvalue weighted by atomic mass is 16.5. The van der Waals surface area contributed by atoms with Crippen molar-refractivity contribution in [1.29, 1.82) is 0 Å². The highest BCUT2D eigenvalue weighted by Gasteiger charge is 2.22. The van der Waals surface area contributed by atoms with E-state index in [0.29, 0.717) is 55.7 Å². The highest BCUT2D eigenvalue weighted by Crippen LogP contribution is 2.39. The zero-order valence-corrected chi connectivity index (χ0v) is 19.0. The molecular formula is C27H31NO4. The Kier molecular flexibility index (Phi) is 8.55. The van der Waals surface area contributed by atoms with Crippen molar-refractivity contribution in [3.05, 3.63) is 89.5 Å². The van der Waals surface area contributed by atoms with Crippen molar-refractivity contribution in [2.75, 3.05) is 19.8 Å². The van der Waals surface area contributed by atoms with Crippen LogP contribution in [0.15, 0.2) is 72.8 Å². The van der Waals surface area contributed by atoms with Gasteiger partial charge < -0.3 is 19.1 Å². The SMILES string of the molecule is CCOc1cc(C(=O)N(Cc2ccccc2)Cc2ccccc2)cc(OCC)c1OCC. The van der Waals surface area contributed by atoms with Crippen molar-refractivity contribution in [1.82, 2.24) is 4.90 Å². The van der Waals surface area contributed by atoms with Crippen molar-refractivity contribution in [3.63, 3.8) is 0 Å². The molecule has 3 aromatic carbocycles. The topological polar surface area (TPSA) is 48.0 Å². The summed E-state index contributed by atoms with van der Waals surface area (Å²) in [5.41, 5.74) is 2.64. The van der Waals surface area contributed by atoms with E-state index >= 15 is 0 Å². The van der Waals surface area contributed by atoms with E-state index in [4.69, 9.17) is 14.2 Å². The molecular weight excluding hydrogens is 402 g/mol. The largest absolute Gasteiger partial charge is 0.490 e. The minimum absolute atomic E-state index is 0.0948. The first kappa shape index (κ1) is 23.2. The van der Waals surface area contributed by atoms with E-state index in [9.17, 15) is 4.79 Å². The average molecular weight is 434 g/mol. The molecule has 0 radical (unpaired) electrons. The molecule has 0 spiro atoms. The first-order chi connectivity index (χ1) is 15.7. The van der Waals surface area contributed by atoms with E-state index in [1.807, 2.05) is 86.3 Å². The van der Waals surface area contributed by atoms with E-state index in [-0.39, 0.29) is 5.91 Å². The Morgan fingerprint density at radius 3 is 1.53 bits per heavy atom. The van der Waals surface area contributed by atoms with Gasteiger partial charge in [-0.25, -0.2) is 0 Å². The van der Waals surface area contributed by atoms with E-state index < -0.39 is 0 Å². The zero-order chi connectivity index (χ0) is 22.8. The lowest BCUT2D eigenvalue weighted by Gasteiger charge is -2.24. The van der Waals surface area contributed by atoms with E-state index in [1.54, 1.807) is 12.1 Å². The number of rotatable bonds is 11. The molecule has 5 heteroatoms. The highest BCUT2D eigenvalue weighted by molar-refractivity contribution is 5.95. The molecule has 0 atom stereocenters. The molecule has 0 bridgehead atoms. The van der Waals surface area contributed by atoms with Gasteiger partial charge in [-0.2, -0.15) is 0 Å². The third kappa shape index (κ3) is 6.03. The molecule has 3 rings (SSSR count). The number of ether oxygens (including phenoxy) is 3. The second kappa shape index (κ2) is 11.8. The fourth-order valence-electron chi connectivity index (χ4n) is 3.50. The molecule has 0 aromatic heterocycles. The molecule has 5 nitrogen and oxygen atoms in total. The number of benzene rings is 3. The van der Waals surface area contributed by atoms with Gasteiger partial charge in [-0.1, -0.05) is 60.7 Å². The molecule has 1 amide bonds. The third-order valence-electron chi connectivity index (χ3n) is 4.88. The predicted octanol–water partition coefficient (Wildman–Crippen LogP) is 5.73. The summed E-state index contributed by atoms with van der Waals surface area (Å²) >= 11 is 0. The summed E-state index contributed by atoms with van der Waals surface area (Å²) < 4.78 is 17.4. The van der Waals surface area contributed by atoms with Crippen LogP contribution in [0.25, 0.3) is 0 Å². The molecule has 0 aliphatic heterocycles. The summed E-state index contributed by atoms with van der Waals surface area (Å²) in [6, 6.07) is 23.5. The Bertz CT molecular complexity index is 921. The van der Waals surface area contributed by atoms with Gasteiger partial charge in [-0.15, -0.1) is 0 Å². The second-order valence-electron chi connectivity index (χ2n) is 7.23. The molecule has 0 aliphatic carbocycles. The molecule has 0 fully saturated rings. The Balaban J connectivity index is 1.99. The zero-order valence-electron chi connectivity index (χ0n) is 19.0. The quantitative estimate of drug-likeness (QED) is 0.388. The van der Waals surface area contributed by atoms with Crippen molar-refractivity contribution < 1.29 is 19.0 Å². The summed E-state index contributed by atoms with van der Waals surface area (Å²) in [4.78, 5) is 15.5. The number of amides is 1. The Morgan fingerprint density at radius 1 is 0.688 bits per heavy atom. The molecule has 0 N–H and O–H groups in total. The fourth-order valence-corrected chi connectivity index (χ4v) is 3.50. The Hall–Kier alpha value is -3.47. The van der Waals surface area contributed by atoms with Gasteiger partial charge >= 0.3 is 0 Å². The van der Waals surface area contributed by atoms with E-state index in [0.717, 1.165) is 11.1 Å². The Morgan fingerprint density at radius 2 is 1.12 bits per heavy atom. The monoisotopic (exact) mass is 433 g/mol. The van der Waals surface area contributed by atoms with Crippen LogP contribution in [0, 0.1) is 0 Å². The smallest absolute Gasteiger partial charge is 0.254 e. The standard InChI is InChI=1S/C27H31NO4/c1-4-30-24-17-23(18-25(31-5-2)26(24)32-6-3)27(29)28(19-21-13-9-7-10-14-21)20-22-15-11-8-12-16-22/h7-18H,4-6,19-20H2,1-3H3. The van der Waals surface area contributed by atoms with E-state index in [1.165, 1.54) is 0 Å². The third-order valence-corrected chi connectivity index (χ3v) is 4.88. The van der Waals surface area contributed by atoms with Crippen LogP contribution < -0.4 is 14.2 Å². The molecule has 0 heterocycles. The summed E-state index contributed by atoms with van der Waals surface area (Å²) in [6.45, 7) is 8.10.